The molecule has 0 aliphatic carbocycles. The zero-order valence-electron chi connectivity index (χ0n) is 16.6. The van der Waals surface area contributed by atoms with Crippen LogP contribution in [0.4, 0.5) is 4.39 Å². The van der Waals surface area contributed by atoms with E-state index in [-0.39, 0.29) is 5.82 Å². The first-order valence-corrected chi connectivity index (χ1v) is 9.97. The predicted molar refractivity (Wildman–Crippen MR) is 110 cm³/mol. The van der Waals surface area contributed by atoms with Gasteiger partial charge in [0.05, 0.1) is 19.4 Å². The van der Waals surface area contributed by atoms with Gasteiger partial charge in [0, 0.05) is 31.1 Å². The lowest BCUT2D eigenvalue weighted by atomic mass is 10.0. The van der Waals surface area contributed by atoms with Crippen molar-refractivity contribution in [3.05, 3.63) is 77.4 Å². The minimum Gasteiger partial charge on any atom is -0.497 e. The third-order valence-electron chi connectivity index (χ3n) is 5.36. The molecule has 1 aromatic heterocycles. The lowest BCUT2D eigenvalue weighted by Gasteiger charge is -2.15. The van der Waals surface area contributed by atoms with Crippen LogP contribution >= 0.6 is 0 Å². The van der Waals surface area contributed by atoms with Gasteiger partial charge in [-0.3, -0.25) is 10.00 Å². The number of likely N-dealkylation sites (tertiary alicyclic amines) is 1. The summed E-state index contributed by atoms with van der Waals surface area (Å²) < 4.78 is 24.0. The average Bonchev–Trinajstić information content (AvgIpc) is 3.40. The van der Waals surface area contributed by atoms with Crippen LogP contribution in [0.5, 0.6) is 11.5 Å². The highest BCUT2D eigenvalue weighted by molar-refractivity contribution is 5.31. The predicted octanol–water partition coefficient (Wildman–Crippen LogP) is 4.17. The second-order valence-electron chi connectivity index (χ2n) is 7.44. The van der Waals surface area contributed by atoms with Gasteiger partial charge in [-0.2, -0.15) is 5.10 Å². The molecule has 152 valence electrons. The molecule has 29 heavy (non-hydrogen) atoms. The fraction of sp³-hybridized carbons (Fsp3) is 0.348. The topological polar surface area (TPSA) is 50.4 Å². The molecule has 1 fully saturated rings. The molecular formula is C23H26FN3O2. The Balaban J connectivity index is 1.25. The van der Waals surface area contributed by atoms with E-state index in [0.29, 0.717) is 12.5 Å². The minimum absolute atomic E-state index is 0.187. The Bertz CT molecular complexity index is 909. The third-order valence-corrected chi connectivity index (χ3v) is 5.36. The Hall–Kier alpha value is -2.86. The normalized spacial score (nSPS) is 16.8. The molecule has 1 N–H and O–H groups in total. The number of nitrogens with zero attached hydrogens (tertiary/aromatic N) is 2. The molecule has 5 nitrogen and oxygen atoms in total. The number of hydrogen-bond acceptors (Lipinski definition) is 4. The van der Waals surface area contributed by atoms with Crippen molar-refractivity contribution >= 4 is 0 Å². The SMILES string of the molecule is COc1ccc(OCCc2cc([C@H]3CCN(Cc4ccc(F)cc4)C3)n[nH]2)cc1. The van der Waals surface area contributed by atoms with Gasteiger partial charge in [-0.1, -0.05) is 12.1 Å². The summed E-state index contributed by atoms with van der Waals surface area (Å²) in [6, 6.07) is 16.5. The molecule has 0 radical (unpaired) electrons. The van der Waals surface area contributed by atoms with Gasteiger partial charge in [0.2, 0.25) is 0 Å². The summed E-state index contributed by atoms with van der Waals surface area (Å²) in [6.45, 7) is 3.45. The van der Waals surface area contributed by atoms with E-state index in [1.54, 1.807) is 7.11 Å². The smallest absolute Gasteiger partial charge is 0.123 e. The van der Waals surface area contributed by atoms with Crippen LogP contribution < -0.4 is 9.47 Å². The largest absolute Gasteiger partial charge is 0.497 e. The standard InChI is InChI=1S/C23H26FN3O2/c1-28-21-6-8-22(9-7-21)29-13-11-20-14-23(26-25-20)18-10-12-27(16-18)15-17-2-4-19(24)5-3-17/h2-9,14,18H,10-13,15-16H2,1H3,(H,25,26)/t18-/m0/s1. The maximum absolute atomic E-state index is 13.1. The van der Waals surface area contributed by atoms with Crippen LogP contribution in [0.1, 0.15) is 29.3 Å². The first kappa shape index (κ1) is 19.5. The van der Waals surface area contributed by atoms with Crippen molar-refractivity contribution in [3.8, 4) is 11.5 Å². The van der Waals surface area contributed by atoms with E-state index >= 15 is 0 Å². The second kappa shape index (κ2) is 9.09. The first-order chi connectivity index (χ1) is 14.2. The first-order valence-electron chi connectivity index (χ1n) is 9.97. The number of ether oxygens (including phenoxy) is 2. The summed E-state index contributed by atoms with van der Waals surface area (Å²) >= 11 is 0. The molecule has 4 rings (SSSR count). The van der Waals surface area contributed by atoms with Crippen LogP contribution in [0.25, 0.3) is 0 Å². The molecule has 1 saturated heterocycles. The summed E-state index contributed by atoms with van der Waals surface area (Å²) in [6.07, 6.45) is 1.87. The Morgan fingerprint density at radius 2 is 1.86 bits per heavy atom. The number of nitrogens with one attached hydrogen (secondary N) is 1. The maximum atomic E-state index is 13.1. The van der Waals surface area contributed by atoms with Crippen LogP contribution in [-0.2, 0) is 13.0 Å². The van der Waals surface area contributed by atoms with Crippen LogP contribution in [0.3, 0.4) is 0 Å². The van der Waals surface area contributed by atoms with E-state index in [4.69, 9.17) is 9.47 Å². The van der Waals surface area contributed by atoms with Gasteiger partial charge < -0.3 is 9.47 Å². The lowest BCUT2D eigenvalue weighted by molar-refractivity contribution is 0.319. The molecule has 0 amide bonds. The van der Waals surface area contributed by atoms with Crippen LogP contribution in [0, 0.1) is 5.82 Å². The fourth-order valence-electron chi connectivity index (χ4n) is 3.73. The van der Waals surface area contributed by atoms with E-state index in [9.17, 15) is 4.39 Å². The van der Waals surface area contributed by atoms with Gasteiger partial charge in [0.1, 0.15) is 17.3 Å². The molecular weight excluding hydrogens is 369 g/mol. The summed E-state index contributed by atoms with van der Waals surface area (Å²) in [7, 11) is 1.65. The number of halogens is 1. The molecule has 1 atom stereocenters. The average molecular weight is 395 g/mol. The molecule has 0 spiro atoms. The van der Waals surface area contributed by atoms with Gasteiger partial charge >= 0.3 is 0 Å². The molecule has 1 aliphatic rings. The Labute approximate surface area is 170 Å². The van der Waals surface area contributed by atoms with Gasteiger partial charge in [0.25, 0.3) is 0 Å². The molecule has 1 aliphatic heterocycles. The highest BCUT2D eigenvalue weighted by Gasteiger charge is 2.25. The van der Waals surface area contributed by atoms with Crippen LogP contribution in [0.15, 0.2) is 54.6 Å². The van der Waals surface area contributed by atoms with Crippen LogP contribution in [-0.4, -0.2) is 41.9 Å². The highest BCUT2D eigenvalue weighted by Crippen LogP contribution is 2.27. The molecule has 2 heterocycles. The van der Waals surface area contributed by atoms with Crippen molar-refractivity contribution in [1.29, 1.82) is 0 Å². The van der Waals surface area contributed by atoms with Gasteiger partial charge in [-0.05, 0) is 61.0 Å². The summed E-state index contributed by atoms with van der Waals surface area (Å²) in [5.41, 5.74) is 3.35. The number of aromatic amines is 1. The Morgan fingerprint density at radius 1 is 1.10 bits per heavy atom. The Kier molecular flexibility index (Phi) is 6.10. The van der Waals surface area contributed by atoms with Crippen LogP contribution in [0.2, 0.25) is 0 Å². The van der Waals surface area contributed by atoms with Crippen molar-refractivity contribution in [2.45, 2.75) is 25.3 Å². The maximum Gasteiger partial charge on any atom is 0.123 e. The minimum atomic E-state index is -0.187. The number of methoxy groups -OCH3 is 1. The monoisotopic (exact) mass is 395 g/mol. The quantitative estimate of drug-likeness (QED) is 0.622. The molecule has 0 saturated carbocycles. The number of benzene rings is 2. The van der Waals surface area contributed by atoms with E-state index in [1.807, 2.05) is 36.4 Å². The zero-order valence-corrected chi connectivity index (χ0v) is 16.6. The van der Waals surface area contributed by atoms with Gasteiger partial charge in [-0.25, -0.2) is 4.39 Å². The lowest BCUT2D eigenvalue weighted by Crippen LogP contribution is -2.19. The van der Waals surface area contributed by atoms with E-state index < -0.39 is 0 Å². The van der Waals surface area contributed by atoms with Crippen molar-refractivity contribution in [3.63, 3.8) is 0 Å². The molecule has 6 heteroatoms. The second-order valence-corrected chi connectivity index (χ2v) is 7.44. The van der Waals surface area contributed by atoms with Crippen molar-refractivity contribution < 1.29 is 13.9 Å². The summed E-state index contributed by atoms with van der Waals surface area (Å²) in [5, 5.41) is 7.67. The van der Waals surface area contributed by atoms with Crippen molar-refractivity contribution in [2.75, 3.05) is 26.8 Å². The van der Waals surface area contributed by atoms with Gasteiger partial charge in [0.15, 0.2) is 0 Å². The number of rotatable bonds is 8. The molecule has 0 unspecified atom stereocenters. The number of H-pyrrole nitrogens is 1. The number of hydrogen-bond donors (Lipinski definition) is 1. The summed E-state index contributed by atoms with van der Waals surface area (Å²) in [4.78, 5) is 2.40. The fourth-order valence-corrected chi connectivity index (χ4v) is 3.73. The molecule has 2 aromatic carbocycles. The zero-order chi connectivity index (χ0) is 20.1. The highest BCUT2D eigenvalue weighted by atomic mass is 19.1. The van der Waals surface area contributed by atoms with E-state index in [2.05, 4.69) is 21.2 Å². The van der Waals surface area contributed by atoms with Crippen molar-refractivity contribution in [1.82, 2.24) is 15.1 Å². The van der Waals surface area contributed by atoms with Gasteiger partial charge in [-0.15, -0.1) is 0 Å². The van der Waals surface area contributed by atoms with E-state index in [1.165, 1.54) is 12.1 Å². The molecule has 0 bridgehead atoms. The van der Waals surface area contributed by atoms with E-state index in [0.717, 1.165) is 60.9 Å². The molecule has 3 aromatic rings. The van der Waals surface area contributed by atoms with Crippen molar-refractivity contribution in [2.24, 2.45) is 0 Å². The third kappa shape index (κ3) is 5.15. The Morgan fingerprint density at radius 3 is 2.62 bits per heavy atom. The summed E-state index contributed by atoms with van der Waals surface area (Å²) in [5.74, 6) is 1.90. The number of aromatic nitrogens is 2.